The summed E-state index contributed by atoms with van der Waals surface area (Å²) in [5.41, 5.74) is 1.05. The third-order valence-electron chi connectivity index (χ3n) is 4.23. The number of nitrogens with one attached hydrogen (secondary N) is 1. The van der Waals surface area contributed by atoms with E-state index in [9.17, 15) is 14.4 Å². The lowest BCUT2D eigenvalue weighted by atomic mass is 10.1. The van der Waals surface area contributed by atoms with Crippen LogP contribution in [0.4, 0.5) is 5.69 Å². The average Bonchev–Trinajstić information content (AvgIpc) is 2.94. The van der Waals surface area contributed by atoms with E-state index in [-0.39, 0.29) is 16.4 Å². The zero-order valence-electron chi connectivity index (χ0n) is 16.0. The predicted octanol–water partition coefficient (Wildman–Crippen LogP) is 3.89. The SMILES string of the molecule is CC(=O)c1cccc(NC(=O)[C@H](C)OC(=O)c2cc(Cl)c3c(c2)OCCCO3)c1. The van der Waals surface area contributed by atoms with Gasteiger partial charge in [0.25, 0.3) is 5.91 Å². The van der Waals surface area contributed by atoms with E-state index in [2.05, 4.69) is 5.32 Å². The van der Waals surface area contributed by atoms with Gasteiger partial charge in [0.1, 0.15) is 0 Å². The maximum atomic E-state index is 12.5. The molecule has 29 heavy (non-hydrogen) atoms. The van der Waals surface area contributed by atoms with Gasteiger partial charge in [0.15, 0.2) is 23.4 Å². The first-order chi connectivity index (χ1) is 13.8. The Kier molecular flexibility index (Phi) is 6.39. The monoisotopic (exact) mass is 417 g/mol. The predicted molar refractivity (Wildman–Crippen MR) is 107 cm³/mol. The van der Waals surface area contributed by atoms with Gasteiger partial charge in [-0.25, -0.2) is 4.79 Å². The summed E-state index contributed by atoms with van der Waals surface area (Å²) < 4.78 is 16.3. The zero-order valence-corrected chi connectivity index (χ0v) is 16.7. The Balaban J connectivity index is 1.68. The van der Waals surface area contributed by atoms with E-state index in [1.807, 2.05) is 0 Å². The molecule has 152 valence electrons. The van der Waals surface area contributed by atoms with Crippen LogP contribution in [0.1, 0.15) is 41.0 Å². The Morgan fingerprint density at radius 2 is 1.86 bits per heavy atom. The molecule has 0 bridgehead atoms. The molecular weight excluding hydrogens is 398 g/mol. The lowest BCUT2D eigenvalue weighted by Gasteiger charge is -2.15. The molecular formula is C21H20ClNO6. The molecule has 0 radical (unpaired) electrons. The number of carbonyl (C=O) groups excluding carboxylic acids is 3. The van der Waals surface area contributed by atoms with Crippen LogP contribution in [-0.4, -0.2) is 37.0 Å². The zero-order chi connectivity index (χ0) is 21.0. The largest absolute Gasteiger partial charge is 0.489 e. The standard InChI is InChI=1S/C21H20ClNO6/c1-12(24)14-5-3-6-16(9-14)23-20(25)13(2)29-21(26)15-10-17(22)19-18(11-15)27-7-4-8-28-19/h3,5-6,9-11,13H,4,7-8H2,1-2H3,(H,23,25)/t13-/m0/s1. The number of anilines is 1. The molecule has 2 aromatic carbocycles. The number of esters is 1. The fourth-order valence-corrected chi connectivity index (χ4v) is 2.96. The normalized spacial score (nSPS) is 13.8. The molecule has 3 rings (SSSR count). The van der Waals surface area contributed by atoms with Crippen molar-refractivity contribution in [3.05, 3.63) is 52.5 Å². The van der Waals surface area contributed by atoms with Crippen molar-refractivity contribution in [2.45, 2.75) is 26.4 Å². The van der Waals surface area contributed by atoms with E-state index >= 15 is 0 Å². The van der Waals surface area contributed by atoms with Crippen LogP contribution in [0.15, 0.2) is 36.4 Å². The first-order valence-electron chi connectivity index (χ1n) is 9.07. The molecule has 0 aliphatic carbocycles. The van der Waals surface area contributed by atoms with Gasteiger partial charge in [0, 0.05) is 17.7 Å². The minimum atomic E-state index is -1.07. The molecule has 0 spiro atoms. The van der Waals surface area contributed by atoms with Crippen molar-refractivity contribution in [3.8, 4) is 11.5 Å². The highest BCUT2D eigenvalue weighted by Gasteiger charge is 2.23. The summed E-state index contributed by atoms with van der Waals surface area (Å²) in [6, 6.07) is 9.40. The second kappa shape index (κ2) is 8.96. The van der Waals surface area contributed by atoms with Gasteiger partial charge in [0.05, 0.1) is 23.8 Å². The van der Waals surface area contributed by atoms with Gasteiger partial charge in [-0.15, -0.1) is 0 Å². The topological polar surface area (TPSA) is 90.9 Å². The quantitative estimate of drug-likeness (QED) is 0.586. The van der Waals surface area contributed by atoms with Gasteiger partial charge in [-0.05, 0) is 38.1 Å². The molecule has 1 atom stereocenters. The molecule has 0 saturated carbocycles. The molecule has 8 heteroatoms. The van der Waals surface area contributed by atoms with Gasteiger partial charge in [0.2, 0.25) is 0 Å². The number of amides is 1. The van der Waals surface area contributed by atoms with E-state index in [4.69, 9.17) is 25.8 Å². The van der Waals surface area contributed by atoms with Crippen molar-refractivity contribution in [1.29, 1.82) is 0 Å². The van der Waals surface area contributed by atoms with Crippen LogP contribution in [-0.2, 0) is 9.53 Å². The van der Waals surface area contributed by atoms with Crippen molar-refractivity contribution in [2.75, 3.05) is 18.5 Å². The summed E-state index contributed by atoms with van der Waals surface area (Å²) in [5, 5.41) is 2.86. The van der Waals surface area contributed by atoms with Crippen molar-refractivity contribution < 1.29 is 28.6 Å². The smallest absolute Gasteiger partial charge is 0.339 e. The summed E-state index contributed by atoms with van der Waals surface area (Å²) in [6.07, 6.45) is -0.370. The van der Waals surface area contributed by atoms with Gasteiger partial charge in [-0.1, -0.05) is 23.7 Å². The number of rotatable bonds is 5. The fourth-order valence-electron chi connectivity index (χ4n) is 2.69. The van der Waals surface area contributed by atoms with Crippen LogP contribution in [0.25, 0.3) is 0 Å². The number of halogens is 1. The van der Waals surface area contributed by atoms with E-state index < -0.39 is 18.0 Å². The maximum Gasteiger partial charge on any atom is 0.339 e. The van der Waals surface area contributed by atoms with E-state index in [1.54, 1.807) is 24.3 Å². The van der Waals surface area contributed by atoms with Gasteiger partial charge in [-0.3, -0.25) is 9.59 Å². The number of ketones is 1. The second-order valence-corrected chi connectivity index (χ2v) is 6.92. The lowest BCUT2D eigenvalue weighted by molar-refractivity contribution is -0.123. The average molecular weight is 418 g/mol. The number of ether oxygens (including phenoxy) is 3. The number of fused-ring (bicyclic) bond motifs is 1. The van der Waals surface area contributed by atoms with Crippen LogP contribution >= 0.6 is 11.6 Å². The Morgan fingerprint density at radius 1 is 1.10 bits per heavy atom. The highest BCUT2D eigenvalue weighted by Crippen LogP contribution is 2.38. The third-order valence-corrected chi connectivity index (χ3v) is 4.51. The molecule has 1 N–H and O–H groups in total. The van der Waals surface area contributed by atoms with Crippen LogP contribution in [0.5, 0.6) is 11.5 Å². The summed E-state index contributed by atoms with van der Waals surface area (Å²) in [5.74, 6) is -0.619. The van der Waals surface area contributed by atoms with E-state index in [1.165, 1.54) is 26.0 Å². The van der Waals surface area contributed by atoms with E-state index in [0.29, 0.717) is 42.4 Å². The third kappa shape index (κ3) is 5.06. The molecule has 0 unspecified atom stereocenters. The number of Topliss-reactive ketones (excluding diaryl/α,β-unsaturated/α-hetero) is 1. The Bertz CT molecular complexity index is 958. The lowest BCUT2D eigenvalue weighted by Crippen LogP contribution is -2.30. The minimum Gasteiger partial charge on any atom is -0.489 e. The fraction of sp³-hybridized carbons (Fsp3) is 0.286. The van der Waals surface area contributed by atoms with Gasteiger partial charge in [-0.2, -0.15) is 0 Å². The highest BCUT2D eigenvalue weighted by atomic mass is 35.5. The summed E-state index contributed by atoms with van der Waals surface area (Å²) in [7, 11) is 0. The molecule has 1 heterocycles. The van der Waals surface area contributed by atoms with Crippen molar-refractivity contribution >= 4 is 34.9 Å². The Hall–Kier alpha value is -3.06. The van der Waals surface area contributed by atoms with Crippen molar-refractivity contribution in [1.82, 2.24) is 0 Å². The molecule has 0 fully saturated rings. The second-order valence-electron chi connectivity index (χ2n) is 6.51. The van der Waals surface area contributed by atoms with Crippen LogP contribution < -0.4 is 14.8 Å². The number of hydrogen-bond donors (Lipinski definition) is 1. The molecule has 1 aliphatic heterocycles. The first kappa shape index (κ1) is 20.7. The van der Waals surface area contributed by atoms with Gasteiger partial charge < -0.3 is 19.5 Å². The highest BCUT2D eigenvalue weighted by molar-refractivity contribution is 6.32. The molecule has 0 saturated heterocycles. The maximum absolute atomic E-state index is 12.5. The van der Waals surface area contributed by atoms with Crippen molar-refractivity contribution in [3.63, 3.8) is 0 Å². The molecule has 0 aromatic heterocycles. The molecule has 7 nitrogen and oxygen atoms in total. The number of carbonyl (C=O) groups is 3. The van der Waals surface area contributed by atoms with Crippen LogP contribution in [0.3, 0.4) is 0 Å². The summed E-state index contributed by atoms with van der Waals surface area (Å²) in [6.45, 7) is 3.80. The van der Waals surface area contributed by atoms with Gasteiger partial charge >= 0.3 is 5.97 Å². The Labute approximate surface area is 172 Å². The molecule has 1 amide bonds. The number of benzene rings is 2. The summed E-state index contributed by atoms with van der Waals surface area (Å²) >= 11 is 6.19. The molecule has 1 aliphatic rings. The van der Waals surface area contributed by atoms with Crippen LogP contribution in [0.2, 0.25) is 5.02 Å². The number of hydrogen-bond acceptors (Lipinski definition) is 6. The molecule has 2 aromatic rings. The minimum absolute atomic E-state index is 0.119. The van der Waals surface area contributed by atoms with E-state index in [0.717, 1.165) is 0 Å². The van der Waals surface area contributed by atoms with Crippen molar-refractivity contribution in [2.24, 2.45) is 0 Å². The first-order valence-corrected chi connectivity index (χ1v) is 9.45. The summed E-state index contributed by atoms with van der Waals surface area (Å²) in [4.78, 5) is 36.3. The Morgan fingerprint density at radius 3 is 2.62 bits per heavy atom. The van der Waals surface area contributed by atoms with Crippen LogP contribution in [0, 0.1) is 0 Å².